The highest BCUT2D eigenvalue weighted by Gasteiger charge is 2.41. The predicted molar refractivity (Wildman–Crippen MR) is 70.1 cm³/mol. The first-order valence-electron chi connectivity index (χ1n) is 7.54. The van der Waals surface area contributed by atoms with Crippen LogP contribution in [0.15, 0.2) is 0 Å². The first kappa shape index (κ1) is 15.1. The zero-order valence-corrected chi connectivity index (χ0v) is 11.7. The number of rotatable bonds is 3. The fraction of sp³-hybridized carbons (Fsp3) is 1.00. The average molecular weight is 278 g/mol. The van der Waals surface area contributed by atoms with Gasteiger partial charge in [0.1, 0.15) is 0 Å². The molecule has 0 aromatic rings. The normalized spacial score (nSPS) is 34.4. The maximum atomic E-state index is 12.6. The van der Waals surface area contributed by atoms with Crippen LogP contribution in [-0.2, 0) is 0 Å². The van der Waals surface area contributed by atoms with Crippen LogP contribution in [0, 0.1) is 5.92 Å². The van der Waals surface area contributed by atoms with Gasteiger partial charge in [0.15, 0.2) is 0 Å². The van der Waals surface area contributed by atoms with Crippen molar-refractivity contribution in [3.05, 3.63) is 0 Å². The lowest BCUT2D eigenvalue weighted by atomic mass is 9.85. The van der Waals surface area contributed by atoms with E-state index in [0.29, 0.717) is 37.8 Å². The van der Waals surface area contributed by atoms with Gasteiger partial charge in [-0.2, -0.15) is 13.2 Å². The molecule has 0 bridgehead atoms. The van der Waals surface area contributed by atoms with Gasteiger partial charge in [0, 0.05) is 18.6 Å². The molecule has 1 N–H and O–H groups in total. The molecular weight excluding hydrogens is 253 g/mol. The number of likely N-dealkylation sites (tertiary alicyclic amines) is 1. The summed E-state index contributed by atoms with van der Waals surface area (Å²) in [4.78, 5) is 2.42. The van der Waals surface area contributed by atoms with Gasteiger partial charge in [0.05, 0.1) is 5.92 Å². The molecule has 0 radical (unpaired) electrons. The van der Waals surface area contributed by atoms with Crippen LogP contribution in [-0.4, -0.2) is 42.8 Å². The van der Waals surface area contributed by atoms with Crippen LogP contribution in [0.3, 0.4) is 0 Å². The van der Waals surface area contributed by atoms with E-state index in [1.54, 1.807) is 0 Å². The molecule has 1 aliphatic carbocycles. The van der Waals surface area contributed by atoms with Gasteiger partial charge in [-0.05, 0) is 51.6 Å². The van der Waals surface area contributed by atoms with Crippen LogP contribution in [0.4, 0.5) is 13.2 Å². The highest BCUT2D eigenvalue weighted by Crippen LogP contribution is 2.37. The molecule has 1 unspecified atom stereocenters. The van der Waals surface area contributed by atoms with Gasteiger partial charge in [0.2, 0.25) is 0 Å². The molecular formula is C14H25F3N2. The first-order valence-corrected chi connectivity index (χ1v) is 7.54. The van der Waals surface area contributed by atoms with Crippen LogP contribution in [0.2, 0.25) is 0 Å². The lowest BCUT2D eigenvalue weighted by molar-refractivity contribution is -0.182. The van der Waals surface area contributed by atoms with Crippen LogP contribution in [0.5, 0.6) is 0 Å². The molecule has 2 rings (SSSR count). The van der Waals surface area contributed by atoms with Crippen molar-refractivity contribution in [2.45, 2.75) is 63.7 Å². The summed E-state index contributed by atoms with van der Waals surface area (Å²) < 4.78 is 37.8. The second-order valence-corrected chi connectivity index (χ2v) is 5.99. The third-order valence-corrected chi connectivity index (χ3v) is 4.61. The Hall–Kier alpha value is -0.290. The summed E-state index contributed by atoms with van der Waals surface area (Å²) in [6, 6.07) is 0.765. The maximum absolute atomic E-state index is 12.6. The second kappa shape index (κ2) is 6.44. The molecule has 1 aliphatic heterocycles. The molecule has 0 spiro atoms. The van der Waals surface area contributed by atoms with E-state index in [9.17, 15) is 13.2 Å². The van der Waals surface area contributed by atoms with Gasteiger partial charge in [-0.3, -0.25) is 0 Å². The summed E-state index contributed by atoms with van der Waals surface area (Å²) >= 11 is 0. The molecule has 0 amide bonds. The fourth-order valence-corrected chi connectivity index (χ4v) is 3.40. The van der Waals surface area contributed by atoms with Crippen molar-refractivity contribution >= 4 is 0 Å². The summed E-state index contributed by atoms with van der Waals surface area (Å²) in [5.41, 5.74) is 0. The highest BCUT2D eigenvalue weighted by molar-refractivity contribution is 4.85. The maximum Gasteiger partial charge on any atom is 0.391 e. The molecule has 5 heteroatoms. The van der Waals surface area contributed by atoms with Crippen LogP contribution < -0.4 is 5.32 Å². The van der Waals surface area contributed by atoms with Gasteiger partial charge in [-0.15, -0.1) is 0 Å². The number of nitrogens with zero attached hydrogens (tertiary/aromatic N) is 1. The number of alkyl halides is 3. The Balaban J connectivity index is 1.73. The zero-order chi connectivity index (χ0) is 13.9. The van der Waals surface area contributed by atoms with E-state index in [1.165, 1.54) is 6.42 Å². The van der Waals surface area contributed by atoms with Crippen LogP contribution >= 0.6 is 0 Å². The monoisotopic (exact) mass is 278 g/mol. The molecule has 1 atom stereocenters. The van der Waals surface area contributed by atoms with Crippen LogP contribution in [0.25, 0.3) is 0 Å². The van der Waals surface area contributed by atoms with Gasteiger partial charge in [-0.25, -0.2) is 0 Å². The molecule has 1 heterocycles. The van der Waals surface area contributed by atoms with Crippen molar-refractivity contribution in [3.63, 3.8) is 0 Å². The molecule has 19 heavy (non-hydrogen) atoms. The average Bonchev–Trinajstić information content (AvgIpc) is 2.38. The third kappa shape index (κ3) is 4.35. The fourth-order valence-electron chi connectivity index (χ4n) is 3.40. The number of likely N-dealkylation sites (N-methyl/N-ethyl adjacent to an activating group) is 1. The van der Waals surface area contributed by atoms with Crippen molar-refractivity contribution in [1.29, 1.82) is 0 Å². The summed E-state index contributed by atoms with van der Waals surface area (Å²) in [5.74, 6) is -1.07. The SMILES string of the molecule is CCN1CCCC(NC2CCC(C(F)(F)F)CC2)C1. The van der Waals surface area contributed by atoms with Gasteiger partial charge >= 0.3 is 6.18 Å². The Labute approximate surface area is 113 Å². The highest BCUT2D eigenvalue weighted by atomic mass is 19.4. The van der Waals surface area contributed by atoms with E-state index in [4.69, 9.17) is 0 Å². The number of piperidine rings is 1. The molecule has 2 fully saturated rings. The minimum Gasteiger partial charge on any atom is -0.310 e. The summed E-state index contributed by atoms with van der Waals surface area (Å²) in [6.45, 7) is 5.45. The Morgan fingerprint density at radius 2 is 1.74 bits per heavy atom. The Morgan fingerprint density at radius 1 is 1.05 bits per heavy atom. The molecule has 1 saturated carbocycles. The van der Waals surface area contributed by atoms with Gasteiger partial charge in [0.25, 0.3) is 0 Å². The van der Waals surface area contributed by atoms with Crippen molar-refractivity contribution < 1.29 is 13.2 Å². The number of nitrogens with one attached hydrogen (secondary N) is 1. The van der Waals surface area contributed by atoms with Gasteiger partial charge < -0.3 is 10.2 Å². The Bertz CT molecular complexity index is 272. The number of hydrogen-bond donors (Lipinski definition) is 1. The molecule has 2 aliphatic rings. The molecule has 2 nitrogen and oxygen atoms in total. The van der Waals surface area contributed by atoms with E-state index >= 15 is 0 Å². The molecule has 112 valence electrons. The number of hydrogen-bond acceptors (Lipinski definition) is 2. The quantitative estimate of drug-likeness (QED) is 0.853. The minimum absolute atomic E-state index is 0.292. The third-order valence-electron chi connectivity index (χ3n) is 4.61. The van der Waals surface area contributed by atoms with E-state index in [2.05, 4.69) is 17.1 Å². The summed E-state index contributed by atoms with van der Waals surface area (Å²) in [5, 5.41) is 3.59. The van der Waals surface area contributed by atoms with Crippen molar-refractivity contribution in [3.8, 4) is 0 Å². The lowest BCUT2D eigenvalue weighted by Crippen LogP contribution is -2.50. The van der Waals surface area contributed by atoms with E-state index in [-0.39, 0.29) is 0 Å². The largest absolute Gasteiger partial charge is 0.391 e. The first-order chi connectivity index (χ1) is 8.99. The topological polar surface area (TPSA) is 15.3 Å². The molecule has 1 saturated heterocycles. The predicted octanol–water partition coefficient (Wildman–Crippen LogP) is 3.18. The smallest absolute Gasteiger partial charge is 0.310 e. The lowest BCUT2D eigenvalue weighted by Gasteiger charge is -2.37. The minimum atomic E-state index is -3.99. The van der Waals surface area contributed by atoms with E-state index in [0.717, 1.165) is 26.1 Å². The van der Waals surface area contributed by atoms with Gasteiger partial charge in [-0.1, -0.05) is 6.92 Å². The van der Waals surface area contributed by atoms with Crippen LogP contribution in [0.1, 0.15) is 45.4 Å². The zero-order valence-electron chi connectivity index (χ0n) is 11.7. The Kier molecular flexibility index (Phi) is 5.12. The van der Waals surface area contributed by atoms with E-state index in [1.807, 2.05) is 0 Å². The summed E-state index contributed by atoms with van der Waals surface area (Å²) in [7, 11) is 0. The standard InChI is InChI=1S/C14H25F3N2/c1-2-19-9-3-4-13(10-19)18-12-7-5-11(6-8-12)14(15,16)17/h11-13,18H,2-10H2,1H3. The molecule has 0 aromatic carbocycles. The summed E-state index contributed by atoms with van der Waals surface area (Å²) in [6.07, 6.45) is 0.310. The van der Waals surface area contributed by atoms with Crippen molar-refractivity contribution in [2.75, 3.05) is 19.6 Å². The van der Waals surface area contributed by atoms with Crippen molar-refractivity contribution in [1.82, 2.24) is 10.2 Å². The second-order valence-electron chi connectivity index (χ2n) is 5.99. The van der Waals surface area contributed by atoms with Crippen molar-refractivity contribution in [2.24, 2.45) is 5.92 Å². The number of halogens is 3. The Morgan fingerprint density at radius 3 is 2.32 bits per heavy atom. The van der Waals surface area contributed by atoms with E-state index < -0.39 is 12.1 Å². The molecule has 0 aromatic heterocycles.